The Morgan fingerprint density at radius 3 is 2.83 bits per heavy atom. The van der Waals surface area contributed by atoms with E-state index in [1.807, 2.05) is 24.3 Å². The first-order chi connectivity index (χ1) is 11.1. The van der Waals surface area contributed by atoms with E-state index in [0.717, 1.165) is 37.4 Å². The molecule has 120 valence electrons. The monoisotopic (exact) mass is 312 g/mol. The van der Waals surface area contributed by atoms with Crippen molar-refractivity contribution >= 4 is 17.2 Å². The maximum absolute atomic E-state index is 10.9. The first-order valence-electron chi connectivity index (χ1n) is 7.81. The number of benzene rings is 1. The highest BCUT2D eigenvalue weighted by molar-refractivity contribution is 5.50. The molecule has 2 heterocycles. The minimum Gasteiger partial charge on any atom is -0.381 e. The number of nitrogens with zero attached hydrogens (tertiary/aromatic N) is 3. The maximum Gasteiger partial charge on any atom is 0.290 e. The molecule has 23 heavy (non-hydrogen) atoms. The lowest BCUT2D eigenvalue weighted by Crippen LogP contribution is -2.42. The Morgan fingerprint density at radius 2 is 2.13 bits per heavy atom. The van der Waals surface area contributed by atoms with Crippen molar-refractivity contribution in [2.75, 3.05) is 23.3 Å². The molecule has 0 bridgehead atoms. The summed E-state index contributed by atoms with van der Waals surface area (Å²) in [4.78, 5) is 17.0. The normalized spacial score (nSPS) is 17.8. The van der Waals surface area contributed by atoms with Crippen molar-refractivity contribution in [3.8, 4) is 0 Å². The summed E-state index contributed by atoms with van der Waals surface area (Å²) >= 11 is 0. The molecule has 1 atom stereocenters. The molecule has 6 heteroatoms. The minimum atomic E-state index is -0.387. The number of aryl methyl sites for hydroxylation is 1. The maximum atomic E-state index is 10.9. The van der Waals surface area contributed by atoms with Crippen LogP contribution in [0.4, 0.5) is 17.2 Å². The van der Waals surface area contributed by atoms with Gasteiger partial charge in [-0.3, -0.25) is 10.1 Å². The summed E-state index contributed by atoms with van der Waals surface area (Å²) in [7, 11) is 0. The summed E-state index contributed by atoms with van der Waals surface area (Å²) in [6, 6.07) is 12.3. The first kappa shape index (κ1) is 15.3. The molecule has 0 radical (unpaired) electrons. The van der Waals surface area contributed by atoms with Gasteiger partial charge in [-0.25, -0.2) is 4.98 Å². The Balaban J connectivity index is 1.71. The van der Waals surface area contributed by atoms with Crippen molar-refractivity contribution in [3.05, 3.63) is 58.3 Å². The molecule has 1 aliphatic heterocycles. The molecule has 1 aliphatic rings. The molecule has 1 unspecified atom stereocenters. The number of nitro groups is 1. The van der Waals surface area contributed by atoms with Gasteiger partial charge in [-0.2, -0.15) is 0 Å². The van der Waals surface area contributed by atoms with Gasteiger partial charge < -0.3 is 10.2 Å². The van der Waals surface area contributed by atoms with Crippen LogP contribution in [-0.4, -0.2) is 29.0 Å². The van der Waals surface area contributed by atoms with E-state index < -0.39 is 0 Å². The number of piperidine rings is 1. The molecule has 1 saturated heterocycles. The SMILES string of the molecule is Cc1cc(N2CCCC(Nc3ccccc3)C2)ncc1[N+](=O)[O-]. The van der Waals surface area contributed by atoms with Crippen LogP contribution in [0.25, 0.3) is 0 Å². The number of para-hydroxylation sites is 1. The van der Waals surface area contributed by atoms with E-state index in [1.165, 1.54) is 6.20 Å². The highest BCUT2D eigenvalue weighted by Crippen LogP contribution is 2.24. The number of nitrogens with one attached hydrogen (secondary N) is 1. The molecule has 2 aromatic rings. The average Bonchev–Trinajstić information content (AvgIpc) is 2.55. The molecule has 1 aromatic heterocycles. The van der Waals surface area contributed by atoms with E-state index in [4.69, 9.17) is 0 Å². The van der Waals surface area contributed by atoms with E-state index in [1.54, 1.807) is 6.92 Å². The number of rotatable bonds is 4. The second-order valence-corrected chi connectivity index (χ2v) is 5.88. The average molecular weight is 312 g/mol. The lowest BCUT2D eigenvalue weighted by Gasteiger charge is -2.34. The second kappa shape index (κ2) is 6.64. The van der Waals surface area contributed by atoms with Crippen LogP contribution >= 0.6 is 0 Å². The Morgan fingerprint density at radius 1 is 1.35 bits per heavy atom. The van der Waals surface area contributed by atoms with Gasteiger partial charge in [-0.15, -0.1) is 0 Å². The van der Waals surface area contributed by atoms with Crippen LogP contribution in [-0.2, 0) is 0 Å². The number of anilines is 2. The zero-order chi connectivity index (χ0) is 16.2. The molecule has 6 nitrogen and oxygen atoms in total. The molecular weight excluding hydrogens is 292 g/mol. The lowest BCUT2D eigenvalue weighted by molar-refractivity contribution is -0.385. The zero-order valence-electron chi connectivity index (χ0n) is 13.1. The van der Waals surface area contributed by atoms with Crippen LogP contribution in [0.5, 0.6) is 0 Å². The molecule has 0 aliphatic carbocycles. The van der Waals surface area contributed by atoms with Gasteiger partial charge in [0.15, 0.2) is 0 Å². The highest BCUT2D eigenvalue weighted by Gasteiger charge is 2.22. The van der Waals surface area contributed by atoms with E-state index >= 15 is 0 Å². The van der Waals surface area contributed by atoms with Gasteiger partial charge in [0.05, 0.1) is 4.92 Å². The van der Waals surface area contributed by atoms with Gasteiger partial charge in [-0.05, 0) is 38.0 Å². The van der Waals surface area contributed by atoms with Crippen LogP contribution < -0.4 is 10.2 Å². The van der Waals surface area contributed by atoms with Crippen LogP contribution in [0.3, 0.4) is 0 Å². The summed E-state index contributed by atoms with van der Waals surface area (Å²) in [5, 5.41) is 14.5. The third-order valence-corrected chi connectivity index (χ3v) is 4.16. The Kier molecular flexibility index (Phi) is 4.41. The fraction of sp³-hybridized carbons (Fsp3) is 0.353. The Labute approximate surface area is 135 Å². The number of aromatic nitrogens is 1. The molecule has 3 rings (SSSR count). The lowest BCUT2D eigenvalue weighted by atomic mass is 10.0. The highest BCUT2D eigenvalue weighted by atomic mass is 16.6. The Hall–Kier alpha value is -2.63. The van der Waals surface area contributed by atoms with Gasteiger partial charge in [0.1, 0.15) is 12.0 Å². The largest absolute Gasteiger partial charge is 0.381 e. The van der Waals surface area contributed by atoms with E-state index in [9.17, 15) is 10.1 Å². The second-order valence-electron chi connectivity index (χ2n) is 5.88. The van der Waals surface area contributed by atoms with Crippen LogP contribution in [0.1, 0.15) is 18.4 Å². The fourth-order valence-corrected chi connectivity index (χ4v) is 2.97. The van der Waals surface area contributed by atoms with Crippen molar-refractivity contribution < 1.29 is 4.92 Å². The van der Waals surface area contributed by atoms with Crippen molar-refractivity contribution in [3.63, 3.8) is 0 Å². The van der Waals surface area contributed by atoms with Gasteiger partial charge in [0.25, 0.3) is 5.69 Å². The van der Waals surface area contributed by atoms with Crippen LogP contribution in [0.2, 0.25) is 0 Å². The van der Waals surface area contributed by atoms with E-state index in [-0.39, 0.29) is 10.6 Å². The van der Waals surface area contributed by atoms with Crippen molar-refractivity contribution in [1.29, 1.82) is 0 Å². The summed E-state index contributed by atoms with van der Waals surface area (Å²) in [5.74, 6) is 0.813. The molecule has 0 amide bonds. The summed E-state index contributed by atoms with van der Waals surface area (Å²) in [6.45, 7) is 3.53. The van der Waals surface area contributed by atoms with Crippen molar-refractivity contribution in [1.82, 2.24) is 4.98 Å². The third kappa shape index (κ3) is 3.59. The predicted octanol–water partition coefficient (Wildman–Crippen LogP) is 3.38. The van der Waals surface area contributed by atoms with E-state index in [2.05, 4.69) is 27.3 Å². The van der Waals surface area contributed by atoms with E-state index in [0.29, 0.717) is 11.6 Å². The smallest absolute Gasteiger partial charge is 0.290 e. The summed E-state index contributed by atoms with van der Waals surface area (Å²) in [6.07, 6.45) is 3.54. The molecule has 0 saturated carbocycles. The molecule has 0 spiro atoms. The minimum absolute atomic E-state index is 0.0738. The number of pyridine rings is 1. The number of hydrogen-bond donors (Lipinski definition) is 1. The molecule has 1 aromatic carbocycles. The Bertz CT molecular complexity index is 690. The van der Waals surface area contributed by atoms with Gasteiger partial charge >= 0.3 is 0 Å². The molecular formula is C17H20N4O2. The topological polar surface area (TPSA) is 71.3 Å². The van der Waals surface area contributed by atoms with Gasteiger partial charge in [-0.1, -0.05) is 18.2 Å². The summed E-state index contributed by atoms with van der Waals surface area (Å²) < 4.78 is 0. The van der Waals surface area contributed by atoms with Crippen LogP contribution in [0.15, 0.2) is 42.6 Å². The van der Waals surface area contributed by atoms with Crippen LogP contribution in [0, 0.1) is 17.0 Å². The first-order valence-corrected chi connectivity index (χ1v) is 7.81. The number of hydrogen-bond acceptors (Lipinski definition) is 5. The van der Waals surface area contributed by atoms with Crippen molar-refractivity contribution in [2.45, 2.75) is 25.8 Å². The quantitative estimate of drug-likeness (QED) is 0.692. The zero-order valence-corrected chi connectivity index (χ0v) is 13.1. The van der Waals surface area contributed by atoms with Crippen molar-refractivity contribution in [2.24, 2.45) is 0 Å². The molecule has 1 N–H and O–H groups in total. The van der Waals surface area contributed by atoms with Gasteiger partial charge in [0.2, 0.25) is 0 Å². The predicted molar refractivity (Wildman–Crippen MR) is 90.9 cm³/mol. The standard InChI is InChI=1S/C17H20N4O2/c1-13-10-17(18-11-16(13)21(22)23)20-9-5-8-15(12-20)19-14-6-3-2-4-7-14/h2-4,6-7,10-11,15,19H,5,8-9,12H2,1H3. The third-order valence-electron chi connectivity index (χ3n) is 4.16. The van der Waals surface area contributed by atoms with Gasteiger partial charge in [0, 0.05) is 30.4 Å². The fourth-order valence-electron chi connectivity index (χ4n) is 2.97. The summed E-state index contributed by atoms with van der Waals surface area (Å²) in [5.41, 5.74) is 1.84. The molecule has 1 fully saturated rings.